The number of phenolic OH excluding ortho intramolecular Hbond substituents is 1. The van der Waals surface area contributed by atoms with Crippen molar-refractivity contribution >= 4 is 29.0 Å². The third-order valence-electron chi connectivity index (χ3n) is 3.59. The van der Waals surface area contributed by atoms with E-state index in [1.54, 1.807) is 6.07 Å². The molecule has 1 N–H and O–H groups in total. The number of halogens is 1. The Bertz CT molecular complexity index is 800. The Morgan fingerprint density at radius 1 is 1.38 bits per heavy atom. The van der Waals surface area contributed by atoms with E-state index in [9.17, 15) is 9.90 Å². The Labute approximate surface area is 151 Å². The summed E-state index contributed by atoms with van der Waals surface area (Å²) in [7, 11) is 0. The van der Waals surface area contributed by atoms with E-state index < -0.39 is 5.91 Å². The van der Waals surface area contributed by atoms with Gasteiger partial charge in [-0.2, -0.15) is 4.99 Å². The van der Waals surface area contributed by atoms with Crippen LogP contribution in [0.4, 0.5) is 0 Å². The molecular formula is C18H23ClN2O2S. The predicted molar refractivity (Wildman–Crippen MR) is 98.9 cm³/mol. The van der Waals surface area contributed by atoms with Crippen LogP contribution in [0.15, 0.2) is 29.4 Å². The number of unbranched alkanes of at least 4 members (excludes halogenated alkanes) is 1. The normalized spacial score (nSPS) is 12.6. The van der Waals surface area contributed by atoms with Crippen molar-refractivity contribution in [3.63, 3.8) is 0 Å². The summed E-state index contributed by atoms with van der Waals surface area (Å²) >= 11 is 7.39. The molecule has 1 amide bonds. The fourth-order valence-corrected chi connectivity index (χ4v) is 3.38. The fraction of sp³-hybridized carbons (Fsp3) is 0.444. The van der Waals surface area contributed by atoms with Crippen LogP contribution in [-0.2, 0) is 12.0 Å². The number of nitrogens with zero attached hydrogens (tertiary/aromatic N) is 2. The van der Waals surface area contributed by atoms with Crippen molar-refractivity contribution in [2.24, 2.45) is 4.99 Å². The van der Waals surface area contributed by atoms with E-state index in [1.807, 2.05) is 0 Å². The van der Waals surface area contributed by atoms with Crippen molar-refractivity contribution in [1.29, 1.82) is 0 Å². The molecule has 1 heterocycles. The van der Waals surface area contributed by atoms with Crippen LogP contribution in [0.2, 0.25) is 5.02 Å². The van der Waals surface area contributed by atoms with Gasteiger partial charge in [-0.15, -0.1) is 0 Å². The summed E-state index contributed by atoms with van der Waals surface area (Å²) in [5.41, 5.74) is 1.12. The number of phenols is 1. The van der Waals surface area contributed by atoms with Crippen LogP contribution in [0.25, 0.3) is 0 Å². The van der Waals surface area contributed by atoms with E-state index in [1.165, 1.54) is 23.7 Å². The largest absolute Gasteiger partial charge is 0.507 e. The topological polar surface area (TPSA) is 54.6 Å². The summed E-state index contributed by atoms with van der Waals surface area (Å²) in [4.78, 5) is 16.7. The monoisotopic (exact) mass is 366 g/mol. The molecule has 0 unspecified atom stereocenters. The van der Waals surface area contributed by atoms with Crippen molar-refractivity contribution in [3.05, 3.63) is 45.2 Å². The summed E-state index contributed by atoms with van der Waals surface area (Å²) in [5, 5.41) is 10.3. The molecule has 1 aromatic carbocycles. The van der Waals surface area contributed by atoms with E-state index in [4.69, 9.17) is 11.6 Å². The Hall–Kier alpha value is -1.59. The number of rotatable bonds is 4. The lowest BCUT2D eigenvalue weighted by molar-refractivity contribution is 0.0996. The molecule has 2 aromatic rings. The number of aromatic nitrogens is 1. The average Bonchev–Trinajstić information content (AvgIpc) is 2.90. The van der Waals surface area contributed by atoms with E-state index in [-0.39, 0.29) is 16.9 Å². The molecule has 6 heteroatoms. The van der Waals surface area contributed by atoms with Crippen molar-refractivity contribution < 1.29 is 9.90 Å². The molecule has 0 saturated heterocycles. The Morgan fingerprint density at radius 3 is 2.71 bits per heavy atom. The molecule has 0 atom stereocenters. The minimum Gasteiger partial charge on any atom is -0.507 e. The third-order valence-corrected chi connectivity index (χ3v) is 5.20. The second-order valence-corrected chi connectivity index (χ2v) is 8.13. The highest BCUT2D eigenvalue weighted by molar-refractivity contribution is 7.04. The number of hydrogen-bond donors (Lipinski definition) is 1. The van der Waals surface area contributed by atoms with Crippen LogP contribution in [0.1, 0.15) is 56.5 Å². The van der Waals surface area contributed by atoms with Gasteiger partial charge >= 0.3 is 0 Å². The Morgan fingerprint density at radius 2 is 2.08 bits per heavy atom. The van der Waals surface area contributed by atoms with Crippen LogP contribution < -0.4 is 4.67 Å². The van der Waals surface area contributed by atoms with Gasteiger partial charge in [-0.3, -0.25) is 8.75 Å². The summed E-state index contributed by atoms with van der Waals surface area (Å²) in [6, 6.07) is 4.39. The first-order chi connectivity index (χ1) is 11.2. The number of carbonyl (C=O) groups excluding carboxylic acids is 1. The standard InChI is InChI=1S/C18H23ClN2O2S/c1-5-6-7-12-11-21(18(2,3)4)24-17(12)20-16(23)14-10-13(19)8-9-15(14)22/h8-11,22H,5-7H2,1-4H3/b20-17-. The van der Waals surface area contributed by atoms with Crippen molar-refractivity contribution in [3.8, 4) is 5.75 Å². The molecule has 0 spiro atoms. The fourth-order valence-electron chi connectivity index (χ4n) is 2.17. The number of carbonyl (C=O) groups is 1. The number of amides is 1. The highest BCUT2D eigenvalue weighted by Crippen LogP contribution is 2.22. The molecule has 0 aliphatic heterocycles. The summed E-state index contributed by atoms with van der Waals surface area (Å²) < 4.78 is 2.81. The highest BCUT2D eigenvalue weighted by atomic mass is 35.5. The number of aryl methyl sites for hydroxylation is 1. The van der Waals surface area contributed by atoms with Gasteiger partial charge in [0.05, 0.1) is 5.56 Å². The molecule has 0 radical (unpaired) electrons. The Kier molecular flexibility index (Phi) is 5.88. The van der Waals surface area contributed by atoms with E-state index in [0.717, 1.165) is 24.8 Å². The zero-order valence-electron chi connectivity index (χ0n) is 14.5. The molecule has 130 valence electrons. The summed E-state index contributed by atoms with van der Waals surface area (Å²) in [6.07, 6.45) is 5.07. The second kappa shape index (κ2) is 7.53. The van der Waals surface area contributed by atoms with E-state index >= 15 is 0 Å². The number of aromatic hydroxyl groups is 1. The van der Waals surface area contributed by atoms with Crippen LogP contribution in [0, 0.1) is 0 Å². The molecule has 24 heavy (non-hydrogen) atoms. The molecule has 1 aromatic heterocycles. The van der Waals surface area contributed by atoms with Gasteiger partial charge in [-0.25, -0.2) is 0 Å². The lowest BCUT2D eigenvalue weighted by Gasteiger charge is -2.19. The smallest absolute Gasteiger partial charge is 0.282 e. The van der Waals surface area contributed by atoms with E-state index in [2.05, 4.69) is 42.8 Å². The van der Waals surface area contributed by atoms with Crippen molar-refractivity contribution in [1.82, 2.24) is 3.96 Å². The third kappa shape index (κ3) is 4.48. The van der Waals surface area contributed by atoms with E-state index in [0.29, 0.717) is 9.69 Å². The molecule has 0 fully saturated rings. The van der Waals surface area contributed by atoms with Gasteiger partial charge in [0.25, 0.3) is 5.91 Å². The lowest BCUT2D eigenvalue weighted by Crippen LogP contribution is -2.18. The molecule has 0 bridgehead atoms. The number of hydrogen-bond acceptors (Lipinski definition) is 3. The molecule has 2 rings (SSSR count). The molecule has 4 nitrogen and oxygen atoms in total. The predicted octanol–water partition coefficient (Wildman–Crippen LogP) is 4.75. The van der Waals surface area contributed by atoms with Gasteiger partial charge in [0.15, 0.2) is 0 Å². The minimum atomic E-state index is -0.476. The molecule has 0 aliphatic rings. The van der Waals surface area contributed by atoms with Gasteiger partial charge < -0.3 is 5.11 Å². The van der Waals surface area contributed by atoms with Crippen LogP contribution in [0.3, 0.4) is 0 Å². The first-order valence-electron chi connectivity index (χ1n) is 8.02. The molecular weight excluding hydrogens is 344 g/mol. The second-order valence-electron chi connectivity index (χ2n) is 6.73. The minimum absolute atomic E-state index is 0.0688. The Balaban J connectivity index is 2.48. The molecule has 0 saturated carbocycles. The molecule has 0 aliphatic carbocycles. The quantitative estimate of drug-likeness (QED) is 0.849. The maximum Gasteiger partial charge on any atom is 0.282 e. The zero-order chi connectivity index (χ0) is 17.9. The number of benzene rings is 1. The average molecular weight is 367 g/mol. The van der Waals surface area contributed by atoms with Gasteiger partial charge in [-0.05, 0) is 63.3 Å². The van der Waals surface area contributed by atoms with Gasteiger partial charge in [0.1, 0.15) is 10.4 Å². The summed E-state index contributed by atoms with van der Waals surface area (Å²) in [5.74, 6) is -0.584. The maximum atomic E-state index is 12.5. The first kappa shape index (κ1) is 18.7. The van der Waals surface area contributed by atoms with Crippen LogP contribution in [0.5, 0.6) is 5.75 Å². The van der Waals surface area contributed by atoms with Gasteiger partial charge in [0.2, 0.25) is 0 Å². The lowest BCUT2D eigenvalue weighted by atomic mass is 10.1. The SMILES string of the molecule is CCCCc1cn(C(C)(C)C)s/c1=N\C(=O)c1cc(Cl)ccc1O. The van der Waals surface area contributed by atoms with Gasteiger partial charge in [0, 0.05) is 22.3 Å². The van der Waals surface area contributed by atoms with Crippen LogP contribution in [-0.4, -0.2) is 15.0 Å². The maximum absolute atomic E-state index is 12.5. The van der Waals surface area contributed by atoms with Gasteiger partial charge in [-0.1, -0.05) is 24.9 Å². The zero-order valence-corrected chi connectivity index (χ0v) is 16.0. The van der Waals surface area contributed by atoms with Crippen LogP contribution >= 0.6 is 23.1 Å². The summed E-state index contributed by atoms with van der Waals surface area (Å²) in [6.45, 7) is 8.47. The van der Waals surface area contributed by atoms with Crippen molar-refractivity contribution in [2.75, 3.05) is 0 Å². The first-order valence-corrected chi connectivity index (χ1v) is 9.17. The van der Waals surface area contributed by atoms with Crippen molar-refractivity contribution in [2.45, 2.75) is 52.5 Å². The highest BCUT2D eigenvalue weighted by Gasteiger charge is 2.17.